The summed E-state index contributed by atoms with van der Waals surface area (Å²) >= 11 is 0. The molecule has 1 aromatic carbocycles. The Morgan fingerprint density at radius 2 is 1.59 bits per heavy atom. The van der Waals surface area contributed by atoms with E-state index in [0.717, 1.165) is 30.5 Å². The minimum absolute atomic E-state index is 0.0918. The monoisotopic (exact) mass is 396 g/mol. The van der Waals surface area contributed by atoms with Crippen molar-refractivity contribution in [2.24, 2.45) is 11.8 Å². The largest absolute Gasteiger partial charge is 0.416 e. The van der Waals surface area contributed by atoms with E-state index in [0.29, 0.717) is 5.92 Å². The van der Waals surface area contributed by atoms with E-state index in [9.17, 15) is 13.2 Å². The van der Waals surface area contributed by atoms with Crippen LogP contribution in [0.3, 0.4) is 0 Å². The van der Waals surface area contributed by atoms with Crippen molar-refractivity contribution in [2.45, 2.75) is 64.0 Å². The fraction of sp³-hybridized carbons (Fsp3) is 0.545. The lowest BCUT2D eigenvalue weighted by molar-refractivity contribution is -0.137. The van der Waals surface area contributed by atoms with Gasteiger partial charge in [0.2, 0.25) is 0 Å². The molecule has 150 valence electrons. The zero-order valence-corrected chi connectivity index (χ0v) is 17.9. The first-order valence-corrected chi connectivity index (χ1v) is 12.4. The Labute approximate surface area is 162 Å². The lowest BCUT2D eigenvalue weighted by Gasteiger charge is -2.40. The van der Waals surface area contributed by atoms with Crippen molar-refractivity contribution >= 4 is 14.4 Å². The highest BCUT2D eigenvalue weighted by molar-refractivity contribution is 6.74. The van der Waals surface area contributed by atoms with Crippen LogP contribution in [-0.4, -0.2) is 14.4 Å². The van der Waals surface area contributed by atoms with Gasteiger partial charge in [-0.15, -0.1) is 6.58 Å². The van der Waals surface area contributed by atoms with Crippen LogP contribution in [0, 0.1) is 11.8 Å². The van der Waals surface area contributed by atoms with Crippen LogP contribution < -0.4 is 0 Å². The van der Waals surface area contributed by atoms with Crippen LogP contribution in [0.5, 0.6) is 0 Å². The molecule has 1 aliphatic carbocycles. The van der Waals surface area contributed by atoms with E-state index in [1.54, 1.807) is 0 Å². The fourth-order valence-corrected chi connectivity index (χ4v) is 4.58. The van der Waals surface area contributed by atoms with Crippen LogP contribution in [0.15, 0.2) is 43.0 Å². The number of hydrogen-bond donors (Lipinski definition) is 0. The second kappa shape index (κ2) is 7.96. The summed E-state index contributed by atoms with van der Waals surface area (Å²) in [4.78, 5) is 0. The molecule has 0 amide bonds. The Hall–Kier alpha value is -1.33. The molecule has 27 heavy (non-hydrogen) atoms. The van der Waals surface area contributed by atoms with E-state index in [1.165, 1.54) is 12.1 Å². The smallest absolute Gasteiger partial charge is 0.413 e. The van der Waals surface area contributed by atoms with Gasteiger partial charge in [-0.25, -0.2) is 0 Å². The Bertz CT molecular complexity index is 668. The molecule has 1 aliphatic rings. The van der Waals surface area contributed by atoms with Crippen LogP contribution in [0.25, 0.3) is 6.08 Å². The minimum atomic E-state index is -4.30. The van der Waals surface area contributed by atoms with Gasteiger partial charge < -0.3 is 4.43 Å². The molecule has 1 fully saturated rings. The zero-order valence-electron chi connectivity index (χ0n) is 16.9. The molecule has 1 saturated carbocycles. The van der Waals surface area contributed by atoms with E-state index >= 15 is 0 Å². The van der Waals surface area contributed by atoms with Gasteiger partial charge in [-0.05, 0) is 48.7 Å². The van der Waals surface area contributed by atoms with E-state index < -0.39 is 20.1 Å². The van der Waals surface area contributed by atoms with Crippen molar-refractivity contribution in [2.75, 3.05) is 0 Å². The third-order valence-corrected chi connectivity index (χ3v) is 10.5. The molecule has 0 heterocycles. The first kappa shape index (κ1) is 22.0. The lowest BCUT2D eigenvalue weighted by Crippen LogP contribution is -2.46. The van der Waals surface area contributed by atoms with Gasteiger partial charge >= 0.3 is 6.18 Å². The van der Waals surface area contributed by atoms with Gasteiger partial charge in [0.05, 0.1) is 11.7 Å². The number of benzene rings is 1. The molecule has 0 N–H and O–H groups in total. The van der Waals surface area contributed by atoms with Gasteiger partial charge in [-0.3, -0.25) is 0 Å². The quantitative estimate of drug-likeness (QED) is 0.374. The van der Waals surface area contributed by atoms with E-state index in [4.69, 9.17) is 4.43 Å². The zero-order chi connectivity index (χ0) is 20.5. The highest BCUT2D eigenvalue weighted by Gasteiger charge is 2.44. The molecular formula is C22H31F3OSi. The molecule has 0 radical (unpaired) electrons. The Balaban J connectivity index is 2.16. The fourth-order valence-electron chi connectivity index (χ4n) is 3.20. The molecule has 0 bridgehead atoms. The van der Waals surface area contributed by atoms with Crippen LogP contribution in [0.2, 0.25) is 18.1 Å². The second-order valence-corrected chi connectivity index (χ2v) is 13.7. The first-order chi connectivity index (χ1) is 12.3. The van der Waals surface area contributed by atoms with Gasteiger partial charge in [0, 0.05) is 11.8 Å². The third kappa shape index (κ3) is 5.35. The van der Waals surface area contributed by atoms with Crippen LogP contribution in [0.1, 0.15) is 44.7 Å². The Kier molecular flexibility index (Phi) is 6.47. The molecule has 1 aromatic rings. The average Bonchev–Trinajstić information content (AvgIpc) is 2.92. The number of halogens is 3. The molecule has 1 nitrogen and oxygen atoms in total. The second-order valence-electron chi connectivity index (χ2n) is 8.96. The Morgan fingerprint density at radius 1 is 1.04 bits per heavy atom. The lowest BCUT2D eigenvalue weighted by atomic mass is 9.99. The summed E-state index contributed by atoms with van der Waals surface area (Å²) in [5.41, 5.74) is 0.155. The standard InChI is InChI=1S/C22H31F3OSi/c1-7-17-12-13-18(20(17)26-27(5,6)21(2,3)4)11-8-16-9-14-19(15-10-16)22(23,24)25/h7-11,14-15,17-18,20H,1,12-13H2,2-6H3/b11-8+/t17-,18+,20-/m0/s1. The third-order valence-electron chi connectivity index (χ3n) is 5.99. The SMILES string of the molecule is C=C[C@H]1CC[C@@H](/C=C/c2ccc(C(F)(F)F)cc2)[C@H]1O[Si](C)(C)C(C)(C)C. The predicted octanol–water partition coefficient (Wildman–Crippen LogP) is 7.32. The van der Waals surface area contributed by atoms with Crippen molar-refractivity contribution in [3.05, 3.63) is 54.1 Å². The van der Waals surface area contributed by atoms with Crippen molar-refractivity contribution in [3.8, 4) is 0 Å². The summed E-state index contributed by atoms with van der Waals surface area (Å²) in [5, 5.41) is 0.128. The summed E-state index contributed by atoms with van der Waals surface area (Å²) in [6, 6.07) is 5.29. The van der Waals surface area contributed by atoms with Crippen molar-refractivity contribution in [3.63, 3.8) is 0 Å². The molecule has 0 saturated heterocycles. The van der Waals surface area contributed by atoms with E-state index in [-0.39, 0.29) is 17.1 Å². The summed E-state index contributed by atoms with van der Waals surface area (Å²) in [6.07, 6.45) is 3.84. The number of alkyl halides is 3. The highest BCUT2D eigenvalue weighted by atomic mass is 28.4. The van der Waals surface area contributed by atoms with E-state index in [1.807, 2.05) is 12.2 Å². The molecule has 3 atom stereocenters. The maximum atomic E-state index is 12.7. The molecular weight excluding hydrogens is 365 g/mol. The van der Waals surface area contributed by atoms with Crippen LogP contribution >= 0.6 is 0 Å². The minimum Gasteiger partial charge on any atom is -0.413 e. The van der Waals surface area contributed by atoms with Gasteiger partial charge in [0.15, 0.2) is 8.32 Å². The van der Waals surface area contributed by atoms with Gasteiger partial charge in [0.1, 0.15) is 0 Å². The molecule has 0 aromatic heterocycles. The molecule has 5 heteroatoms. The van der Waals surface area contributed by atoms with Gasteiger partial charge in [-0.2, -0.15) is 13.2 Å². The van der Waals surface area contributed by atoms with Gasteiger partial charge in [-0.1, -0.05) is 51.1 Å². The molecule has 0 aliphatic heterocycles. The van der Waals surface area contributed by atoms with Gasteiger partial charge in [0.25, 0.3) is 0 Å². The topological polar surface area (TPSA) is 9.23 Å². The van der Waals surface area contributed by atoms with Crippen LogP contribution in [-0.2, 0) is 10.6 Å². The highest BCUT2D eigenvalue weighted by Crippen LogP contribution is 2.43. The first-order valence-electron chi connectivity index (χ1n) is 9.51. The van der Waals surface area contributed by atoms with E-state index in [2.05, 4.69) is 46.5 Å². The maximum absolute atomic E-state index is 12.7. The number of hydrogen-bond acceptors (Lipinski definition) is 1. The maximum Gasteiger partial charge on any atom is 0.416 e. The van der Waals surface area contributed by atoms with Crippen molar-refractivity contribution < 1.29 is 17.6 Å². The summed E-state index contributed by atoms with van der Waals surface area (Å²) < 4.78 is 44.8. The average molecular weight is 397 g/mol. The summed E-state index contributed by atoms with van der Waals surface area (Å²) in [6.45, 7) is 15.2. The van der Waals surface area contributed by atoms with Crippen LogP contribution in [0.4, 0.5) is 13.2 Å². The Morgan fingerprint density at radius 3 is 2.07 bits per heavy atom. The van der Waals surface area contributed by atoms with Crippen molar-refractivity contribution in [1.82, 2.24) is 0 Å². The normalized spacial score (nSPS) is 24.5. The molecule has 0 spiro atoms. The molecule has 2 rings (SSSR count). The van der Waals surface area contributed by atoms with Crippen molar-refractivity contribution in [1.29, 1.82) is 0 Å². The summed E-state index contributed by atoms with van der Waals surface area (Å²) in [5.74, 6) is 0.575. The summed E-state index contributed by atoms with van der Waals surface area (Å²) in [7, 11) is -1.91. The predicted molar refractivity (Wildman–Crippen MR) is 109 cm³/mol. The number of rotatable bonds is 5. The molecule has 0 unspecified atom stereocenters.